The first kappa shape index (κ1) is 13.1. The van der Waals surface area contributed by atoms with Crippen LogP contribution in [-0.2, 0) is 11.3 Å². The number of rotatable bonds is 4. The quantitative estimate of drug-likeness (QED) is 0.887. The highest BCUT2D eigenvalue weighted by Crippen LogP contribution is 2.19. The molecular formula is C13H19NO4. The first-order valence-electron chi connectivity index (χ1n) is 6.18. The van der Waals surface area contributed by atoms with Gasteiger partial charge in [-0.05, 0) is 32.9 Å². The third-order valence-electron chi connectivity index (χ3n) is 3.38. The maximum Gasteiger partial charge on any atom is 0.372 e. The predicted octanol–water partition coefficient (Wildman–Crippen LogP) is 1.90. The highest BCUT2D eigenvalue weighted by molar-refractivity contribution is 5.86. The number of hydrogen-bond donors (Lipinski definition) is 1. The molecular weight excluding hydrogens is 234 g/mol. The monoisotopic (exact) mass is 253 g/mol. The van der Waals surface area contributed by atoms with Gasteiger partial charge in [-0.2, -0.15) is 0 Å². The van der Waals surface area contributed by atoms with Crippen LogP contribution in [0.1, 0.15) is 34.7 Å². The smallest absolute Gasteiger partial charge is 0.372 e. The number of carboxylic acid groups (broad SMARTS) is 1. The molecule has 1 aliphatic rings. The van der Waals surface area contributed by atoms with Gasteiger partial charge in [0.15, 0.2) is 0 Å². The van der Waals surface area contributed by atoms with E-state index in [9.17, 15) is 4.79 Å². The molecule has 1 N–H and O–H groups in total. The summed E-state index contributed by atoms with van der Waals surface area (Å²) in [7, 11) is 2.04. The molecule has 1 aromatic heterocycles. The first-order chi connectivity index (χ1) is 8.58. The number of carbonyl (C=O) groups is 1. The van der Waals surface area contributed by atoms with E-state index in [-0.39, 0.29) is 5.76 Å². The highest BCUT2D eigenvalue weighted by Gasteiger charge is 2.21. The maximum absolute atomic E-state index is 10.9. The molecule has 100 valence electrons. The minimum Gasteiger partial charge on any atom is -0.475 e. The van der Waals surface area contributed by atoms with Crippen molar-refractivity contribution in [3.63, 3.8) is 0 Å². The minimum atomic E-state index is -1.01. The number of ether oxygens (including phenoxy) is 1. The Morgan fingerprint density at radius 2 is 2.17 bits per heavy atom. The van der Waals surface area contributed by atoms with E-state index in [1.807, 2.05) is 7.05 Å². The Hall–Kier alpha value is -1.33. The van der Waals surface area contributed by atoms with E-state index in [2.05, 4.69) is 4.90 Å². The van der Waals surface area contributed by atoms with Gasteiger partial charge in [0.05, 0.1) is 6.54 Å². The van der Waals surface area contributed by atoms with E-state index < -0.39 is 5.97 Å². The van der Waals surface area contributed by atoms with Crippen molar-refractivity contribution in [3.8, 4) is 0 Å². The second-order valence-electron chi connectivity index (χ2n) is 4.79. The topological polar surface area (TPSA) is 62.9 Å². The summed E-state index contributed by atoms with van der Waals surface area (Å²) in [6.07, 6.45) is 2.03. The Kier molecular flexibility index (Phi) is 4.04. The van der Waals surface area contributed by atoms with Crippen LogP contribution in [0.25, 0.3) is 0 Å². The SMILES string of the molecule is Cc1cc(CN(C)C2CCOCC2)oc1C(=O)O. The third-order valence-corrected chi connectivity index (χ3v) is 3.38. The molecule has 0 unspecified atom stereocenters. The fraction of sp³-hybridized carbons (Fsp3) is 0.615. The predicted molar refractivity (Wildman–Crippen MR) is 65.7 cm³/mol. The van der Waals surface area contributed by atoms with Crippen LogP contribution in [0.15, 0.2) is 10.5 Å². The molecule has 5 heteroatoms. The average molecular weight is 253 g/mol. The zero-order valence-corrected chi connectivity index (χ0v) is 10.8. The zero-order chi connectivity index (χ0) is 13.1. The van der Waals surface area contributed by atoms with Gasteiger partial charge in [0.1, 0.15) is 5.76 Å². The van der Waals surface area contributed by atoms with Gasteiger partial charge in [-0.25, -0.2) is 4.79 Å². The van der Waals surface area contributed by atoms with Crippen LogP contribution >= 0.6 is 0 Å². The second-order valence-corrected chi connectivity index (χ2v) is 4.79. The highest BCUT2D eigenvalue weighted by atomic mass is 16.5. The Balaban J connectivity index is 2.00. The standard InChI is InChI=1S/C13H19NO4/c1-9-7-11(18-12(9)13(15)16)8-14(2)10-3-5-17-6-4-10/h7,10H,3-6,8H2,1-2H3,(H,15,16). The summed E-state index contributed by atoms with van der Waals surface area (Å²) in [5.74, 6) is -0.253. The first-order valence-corrected chi connectivity index (χ1v) is 6.18. The zero-order valence-electron chi connectivity index (χ0n) is 10.8. The lowest BCUT2D eigenvalue weighted by atomic mass is 10.1. The summed E-state index contributed by atoms with van der Waals surface area (Å²) in [5, 5.41) is 8.94. The molecule has 0 atom stereocenters. The molecule has 1 saturated heterocycles. The van der Waals surface area contributed by atoms with Gasteiger partial charge in [0.2, 0.25) is 5.76 Å². The maximum atomic E-state index is 10.9. The Morgan fingerprint density at radius 3 is 2.72 bits per heavy atom. The lowest BCUT2D eigenvalue weighted by Gasteiger charge is -2.30. The van der Waals surface area contributed by atoms with Gasteiger partial charge in [-0.1, -0.05) is 0 Å². The molecule has 0 saturated carbocycles. The van der Waals surface area contributed by atoms with Gasteiger partial charge in [0, 0.05) is 24.8 Å². The molecule has 1 aliphatic heterocycles. The summed E-state index contributed by atoms with van der Waals surface area (Å²) in [6, 6.07) is 2.29. The van der Waals surface area contributed by atoms with Crippen molar-refractivity contribution >= 4 is 5.97 Å². The fourth-order valence-electron chi connectivity index (χ4n) is 2.34. The largest absolute Gasteiger partial charge is 0.475 e. The van der Waals surface area contributed by atoms with Gasteiger partial charge in [-0.3, -0.25) is 4.90 Å². The molecule has 1 aromatic rings. The number of hydrogen-bond acceptors (Lipinski definition) is 4. The molecule has 0 aromatic carbocycles. The van der Waals surface area contributed by atoms with Gasteiger partial charge in [0.25, 0.3) is 0 Å². The number of carboxylic acids is 1. The lowest BCUT2D eigenvalue weighted by molar-refractivity contribution is 0.0384. The normalized spacial score (nSPS) is 17.3. The lowest BCUT2D eigenvalue weighted by Crippen LogP contribution is -2.36. The summed E-state index contributed by atoms with van der Waals surface area (Å²) in [5.41, 5.74) is 0.679. The molecule has 0 bridgehead atoms. The van der Waals surface area contributed by atoms with Crippen LogP contribution in [0.2, 0.25) is 0 Å². The molecule has 0 amide bonds. The minimum absolute atomic E-state index is 0.0466. The van der Waals surface area contributed by atoms with Crippen LogP contribution in [-0.4, -0.2) is 42.3 Å². The molecule has 2 rings (SSSR count). The van der Waals surface area contributed by atoms with Crippen LogP contribution < -0.4 is 0 Å². The molecule has 5 nitrogen and oxygen atoms in total. The molecule has 0 aliphatic carbocycles. The van der Waals surface area contributed by atoms with Crippen molar-refractivity contribution in [3.05, 3.63) is 23.2 Å². The number of aromatic carboxylic acids is 1. The molecule has 2 heterocycles. The Labute approximate surface area is 106 Å². The van der Waals surface area contributed by atoms with E-state index in [4.69, 9.17) is 14.3 Å². The molecule has 18 heavy (non-hydrogen) atoms. The van der Waals surface area contributed by atoms with Gasteiger partial charge >= 0.3 is 5.97 Å². The number of nitrogens with zero attached hydrogens (tertiary/aromatic N) is 1. The fourth-order valence-corrected chi connectivity index (χ4v) is 2.34. The van der Waals surface area contributed by atoms with E-state index in [0.717, 1.165) is 26.1 Å². The van der Waals surface area contributed by atoms with E-state index in [1.54, 1.807) is 13.0 Å². The van der Waals surface area contributed by atoms with Crippen molar-refractivity contribution in [1.82, 2.24) is 4.90 Å². The van der Waals surface area contributed by atoms with Crippen LogP contribution in [0.5, 0.6) is 0 Å². The van der Waals surface area contributed by atoms with Crippen molar-refractivity contribution in [1.29, 1.82) is 0 Å². The van der Waals surface area contributed by atoms with Crippen molar-refractivity contribution in [2.75, 3.05) is 20.3 Å². The van der Waals surface area contributed by atoms with Crippen molar-refractivity contribution in [2.24, 2.45) is 0 Å². The second kappa shape index (κ2) is 5.54. The number of furan rings is 1. The summed E-state index contributed by atoms with van der Waals surface area (Å²) in [4.78, 5) is 13.1. The van der Waals surface area contributed by atoms with E-state index in [1.165, 1.54) is 0 Å². The summed E-state index contributed by atoms with van der Waals surface area (Å²) < 4.78 is 10.7. The Bertz CT molecular complexity index is 421. The molecule has 0 spiro atoms. The van der Waals surface area contributed by atoms with Crippen LogP contribution in [0.3, 0.4) is 0 Å². The van der Waals surface area contributed by atoms with Gasteiger partial charge in [-0.15, -0.1) is 0 Å². The van der Waals surface area contributed by atoms with Gasteiger partial charge < -0.3 is 14.3 Å². The van der Waals surface area contributed by atoms with Crippen molar-refractivity contribution < 1.29 is 19.1 Å². The summed E-state index contributed by atoms with van der Waals surface area (Å²) >= 11 is 0. The number of aryl methyl sites for hydroxylation is 1. The van der Waals surface area contributed by atoms with E-state index in [0.29, 0.717) is 23.9 Å². The molecule has 0 radical (unpaired) electrons. The van der Waals surface area contributed by atoms with Crippen LogP contribution in [0, 0.1) is 6.92 Å². The Morgan fingerprint density at radius 1 is 1.50 bits per heavy atom. The average Bonchev–Trinajstić information content (AvgIpc) is 2.71. The molecule has 1 fully saturated rings. The van der Waals surface area contributed by atoms with E-state index >= 15 is 0 Å². The van der Waals surface area contributed by atoms with Crippen molar-refractivity contribution in [2.45, 2.75) is 32.4 Å². The van der Waals surface area contributed by atoms with Crippen LogP contribution in [0.4, 0.5) is 0 Å². The summed E-state index contributed by atoms with van der Waals surface area (Å²) in [6.45, 7) is 3.99. The third kappa shape index (κ3) is 2.91.